The predicted molar refractivity (Wildman–Crippen MR) is 151 cm³/mol. The molecule has 7 nitrogen and oxygen atoms in total. The maximum atomic E-state index is 13.6. The molecule has 0 aliphatic carbocycles. The van der Waals surface area contributed by atoms with Crippen LogP contribution in [0.4, 0.5) is 10.8 Å². The highest BCUT2D eigenvalue weighted by Crippen LogP contribution is 2.34. The average molecular weight is 591 g/mol. The number of thiazole rings is 1. The van der Waals surface area contributed by atoms with Crippen LogP contribution in [0.3, 0.4) is 0 Å². The van der Waals surface area contributed by atoms with Crippen LogP contribution in [0.5, 0.6) is 0 Å². The van der Waals surface area contributed by atoms with Crippen LogP contribution in [0.25, 0.3) is 10.2 Å². The fourth-order valence-electron chi connectivity index (χ4n) is 4.44. The largest absolute Gasteiger partial charge is 1.00 e. The van der Waals surface area contributed by atoms with E-state index >= 15 is 0 Å². The van der Waals surface area contributed by atoms with Gasteiger partial charge in [0.05, 0.1) is 20.8 Å². The van der Waals surface area contributed by atoms with Crippen molar-refractivity contribution in [2.24, 2.45) is 0 Å². The molecule has 2 heterocycles. The SMILES string of the molecule is CN(C)CCCN(C(=O)c1ccc(S(=O)(=O)N2CCc3ccccc32)cc1)c1nc2ccc(Cl)cc2s1.[Cl-]. The summed E-state index contributed by atoms with van der Waals surface area (Å²) in [6.07, 6.45) is 1.44. The van der Waals surface area contributed by atoms with Crippen molar-refractivity contribution in [2.75, 3.05) is 42.9 Å². The average Bonchev–Trinajstić information content (AvgIpc) is 3.50. The van der Waals surface area contributed by atoms with Crippen molar-refractivity contribution in [1.29, 1.82) is 0 Å². The van der Waals surface area contributed by atoms with Crippen molar-refractivity contribution in [1.82, 2.24) is 9.88 Å². The number of hydrogen-bond acceptors (Lipinski definition) is 6. The summed E-state index contributed by atoms with van der Waals surface area (Å²) in [6.45, 7) is 1.70. The van der Waals surface area contributed by atoms with Crippen molar-refractivity contribution in [3.05, 3.63) is 82.9 Å². The number of nitrogens with zero attached hydrogens (tertiary/aromatic N) is 4. The summed E-state index contributed by atoms with van der Waals surface area (Å²) in [6, 6.07) is 19.2. The van der Waals surface area contributed by atoms with Crippen molar-refractivity contribution in [2.45, 2.75) is 17.7 Å². The molecule has 0 N–H and O–H groups in total. The van der Waals surface area contributed by atoms with E-state index in [2.05, 4.69) is 9.88 Å². The Hall–Kier alpha value is -2.69. The Morgan fingerprint density at radius 1 is 1.05 bits per heavy atom. The van der Waals surface area contributed by atoms with E-state index < -0.39 is 10.0 Å². The molecule has 5 rings (SSSR count). The van der Waals surface area contributed by atoms with Crippen LogP contribution in [0.1, 0.15) is 22.3 Å². The lowest BCUT2D eigenvalue weighted by Gasteiger charge is -2.22. The molecule has 200 valence electrons. The Morgan fingerprint density at radius 3 is 2.53 bits per heavy atom. The quantitative estimate of drug-likeness (QED) is 0.315. The van der Waals surface area contributed by atoms with Gasteiger partial charge in [0.25, 0.3) is 15.9 Å². The third-order valence-corrected chi connectivity index (χ3v) is 9.44. The van der Waals surface area contributed by atoms with Crippen molar-refractivity contribution in [3.63, 3.8) is 0 Å². The van der Waals surface area contributed by atoms with E-state index in [9.17, 15) is 13.2 Å². The molecule has 0 fully saturated rings. The standard InChI is InChI=1S/C27H27ClN4O3S2.ClH/c1-30(2)15-5-16-31(27-29-23-13-10-21(28)18-25(23)36-27)26(33)20-8-11-22(12-9-20)37(34,35)32-17-14-19-6-3-4-7-24(19)32;/h3-4,6-13,18H,5,14-17H2,1-2H3;1H/p-1. The number of carbonyl (C=O) groups is 1. The number of amides is 1. The van der Waals surface area contributed by atoms with Crippen LogP contribution >= 0.6 is 22.9 Å². The molecule has 38 heavy (non-hydrogen) atoms. The van der Waals surface area contributed by atoms with E-state index in [0.29, 0.717) is 40.9 Å². The fourth-order valence-corrected chi connectivity index (χ4v) is 7.21. The molecule has 1 aliphatic heterocycles. The molecule has 0 unspecified atom stereocenters. The van der Waals surface area contributed by atoms with Crippen molar-refractivity contribution in [3.8, 4) is 0 Å². The van der Waals surface area contributed by atoms with Crippen LogP contribution in [-0.4, -0.2) is 57.9 Å². The minimum Gasteiger partial charge on any atom is -1.00 e. The monoisotopic (exact) mass is 589 g/mol. The summed E-state index contributed by atoms with van der Waals surface area (Å²) in [4.78, 5) is 22.2. The molecular weight excluding hydrogens is 563 g/mol. The van der Waals surface area contributed by atoms with Gasteiger partial charge >= 0.3 is 0 Å². The van der Waals surface area contributed by atoms with E-state index in [1.54, 1.807) is 23.1 Å². The number of aromatic nitrogens is 1. The summed E-state index contributed by atoms with van der Waals surface area (Å²) >= 11 is 7.56. The maximum Gasteiger partial charge on any atom is 0.264 e. The van der Waals surface area contributed by atoms with Gasteiger partial charge in [-0.05, 0) is 87.6 Å². The predicted octanol–water partition coefficient (Wildman–Crippen LogP) is 2.30. The minimum atomic E-state index is -3.73. The summed E-state index contributed by atoms with van der Waals surface area (Å²) < 4.78 is 29.1. The van der Waals surface area contributed by atoms with Crippen molar-refractivity contribution < 1.29 is 25.6 Å². The van der Waals surface area contributed by atoms with Gasteiger partial charge in [-0.1, -0.05) is 41.1 Å². The van der Waals surface area contributed by atoms with E-state index in [1.165, 1.54) is 27.8 Å². The van der Waals surface area contributed by atoms with Crippen LogP contribution in [-0.2, 0) is 16.4 Å². The first-order valence-electron chi connectivity index (χ1n) is 12.0. The minimum absolute atomic E-state index is 0. The van der Waals surface area contributed by atoms with E-state index in [1.807, 2.05) is 50.5 Å². The lowest BCUT2D eigenvalue weighted by atomic mass is 10.2. The summed E-state index contributed by atoms with van der Waals surface area (Å²) in [7, 11) is 0.248. The normalized spacial score (nSPS) is 13.0. The highest BCUT2D eigenvalue weighted by Gasteiger charge is 2.31. The Balaban J connectivity index is 0.00000336. The molecule has 1 aromatic heterocycles. The summed E-state index contributed by atoms with van der Waals surface area (Å²) in [5, 5.41) is 1.21. The fraction of sp³-hybridized carbons (Fsp3) is 0.259. The molecular formula is C27H27Cl2N4O3S2-. The van der Waals surface area contributed by atoms with Gasteiger partial charge in [0, 0.05) is 23.7 Å². The molecule has 1 aliphatic rings. The van der Waals surface area contributed by atoms with Gasteiger partial charge in [-0.3, -0.25) is 14.0 Å². The van der Waals surface area contributed by atoms with Gasteiger partial charge in [-0.15, -0.1) is 0 Å². The Bertz CT molecular complexity index is 1560. The highest BCUT2D eigenvalue weighted by molar-refractivity contribution is 7.92. The van der Waals surface area contributed by atoms with Crippen molar-refractivity contribution >= 4 is 59.9 Å². The molecule has 0 saturated carbocycles. The number of fused-ring (bicyclic) bond motifs is 2. The molecule has 11 heteroatoms. The van der Waals surface area contributed by atoms with Crippen LogP contribution < -0.4 is 21.6 Å². The van der Waals surface area contributed by atoms with Gasteiger partial charge in [0.15, 0.2) is 5.13 Å². The number of hydrogen-bond donors (Lipinski definition) is 0. The lowest BCUT2D eigenvalue weighted by molar-refractivity contribution is -0.0000172. The van der Waals surface area contributed by atoms with Gasteiger partial charge < -0.3 is 17.3 Å². The molecule has 0 spiro atoms. The smallest absolute Gasteiger partial charge is 0.264 e. The zero-order chi connectivity index (χ0) is 26.2. The van der Waals surface area contributed by atoms with E-state index in [0.717, 1.165) is 28.7 Å². The summed E-state index contributed by atoms with van der Waals surface area (Å²) in [5.74, 6) is -0.223. The van der Waals surface area contributed by atoms with Gasteiger partial charge in [-0.25, -0.2) is 13.4 Å². The molecule has 0 atom stereocenters. The lowest BCUT2D eigenvalue weighted by Crippen LogP contribution is -3.00. The van der Waals surface area contributed by atoms with Crippen LogP contribution in [0.2, 0.25) is 5.02 Å². The number of anilines is 2. The molecule has 0 saturated heterocycles. The summed E-state index contributed by atoms with van der Waals surface area (Å²) in [5.41, 5.74) is 2.92. The van der Waals surface area contributed by atoms with Gasteiger partial charge in [-0.2, -0.15) is 0 Å². The highest BCUT2D eigenvalue weighted by atomic mass is 35.5. The molecule has 0 bridgehead atoms. The second-order valence-corrected chi connectivity index (χ2v) is 12.5. The number of para-hydroxylation sites is 1. The first-order chi connectivity index (χ1) is 17.7. The Morgan fingerprint density at radius 2 is 1.79 bits per heavy atom. The molecule has 0 radical (unpaired) electrons. The number of sulfonamides is 1. The van der Waals surface area contributed by atoms with Gasteiger partial charge in [0.1, 0.15) is 0 Å². The third kappa shape index (κ3) is 5.67. The van der Waals surface area contributed by atoms with Crippen LogP contribution in [0.15, 0.2) is 71.6 Å². The topological polar surface area (TPSA) is 73.8 Å². The maximum absolute atomic E-state index is 13.6. The zero-order valence-corrected chi connectivity index (χ0v) is 24.1. The molecule has 3 aromatic carbocycles. The second-order valence-electron chi connectivity index (χ2n) is 9.20. The Kier molecular flexibility index (Phi) is 8.64. The number of rotatable bonds is 8. The first-order valence-corrected chi connectivity index (χ1v) is 14.6. The number of carbonyl (C=O) groups excluding carboxylic acids is 1. The Labute approximate surface area is 238 Å². The van der Waals surface area contributed by atoms with E-state index in [-0.39, 0.29) is 23.2 Å². The molecule has 4 aromatic rings. The zero-order valence-electron chi connectivity index (χ0n) is 21.0. The second kappa shape index (κ2) is 11.6. The molecule has 1 amide bonds. The number of benzene rings is 3. The van der Waals surface area contributed by atoms with Gasteiger partial charge in [0.2, 0.25) is 0 Å². The van der Waals surface area contributed by atoms with Crippen LogP contribution in [0, 0.1) is 0 Å². The third-order valence-electron chi connectivity index (χ3n) is 6.34. The number of halogens is 2. The van der Waals surface area contributed by atoms with E-state index in [4.69, 9.17) is 11.6 Å². The first kappa shape index (κ1) is 28.3.